The molecule has 158 valence electrons. The number of hydrogen-bond acceptors (Lipinski definition) is 6. The molecule has 1 atom stereocenters. The number of para-hydroxylation sites is 1. The van der Waals surface area contributed by atoms with Gasteiger partial charge in [-0.25, -0.2) is 17.5 Å². The molecular formula is C21H21FN2O5S. The van der Waals surface area contributed by atoms with Gasteiger partial charge >= 0.3 is 5.91 Å². The maximum atomic E-state index is 14.6. The smallest absolute Gasteiger partial charge is 0.300 e. The van der Waals surface area contributed by atoms with Crippen molar-refractivity contribution in [2.75, 3.05) is 18.1 Å². The summed E-state index contributed by atoms with van der Waals surface area (Å²) < 4.78 is 52.7. The number of anilines is 1. The maximum absolute atomic E-state index is 14.6. The third-order valence-electron chi connectivity index (χ3n) is 5.11. The van der Waals surface area contributed by atoms with Crippen molar-refractivity contribution >= 4 is 32.6 Å². The van der Waals surface area contributed by atoms with E-state index in [9.17, 15) is 17.6 Å². The Hall–Kier alpha value is -3.07. The number of fused-ring (bicyclic) bond motifs is 1. The molecule has 0 radical (unpaired) electrons. The van der Waals surface area contributed by atoms with E-state index in [0.717, 1.165) is 13.0 Å². The number of rotatable bonds is 6. The Balaban J connectivity index is 1.63. The summed E-state index contributed by atoms with van der Waals surface area (Å²) in [6.07, 6.45) is 1.02. The van der Waals surface area contributed by atoms with Gasteiger partial charge in [0.2, 0.25) is 0 Å². The Morgan fingerprint density at radius 3 is 2.73 bits per heavy atom. The Morgan fingerprint density at radius 1 is 1.30 bits per heavy atom. The SMILES string of the molecule is CCOc1ccccc1S(=O)(=O)NC(=O)c1cc2c(F)cc(N3CCC3C)cc2o1. The summed E-state index contributed by atoms with van der Waals surface area (Å²) >= 11 is 0. The zero-order valence-electron chi connectivity index (χ0n) is 16.5. The highest BCUT2D eigenvalue weighted by molar-refractivity contribution is 7.90. The summed E-state index contributed by atoms with van der Waals surface area (Å²) in [5.74, 6) is -1.69. The first kappa shape index (κ1) is 20.2. The molecule has 3 aromatic rings. The fourth-order valence-electron chi connectivity index (χ4n) is 3.43. The molecule has 1 fully saturated rings. The predicted octanol–water partition coefficient (Wildman–Crippen LogP) is 3.69. The molecule has 4 rings (SSSR count). The van der Waals surface area contributed by atoms with Gasteiger partial charge in [-0.2, -0.15) is 0 Å². The molecule has 1 saturated heterocycles. The number of carbonyl (C=O) groups excluding carboxylic acids is 1. The average molecular weight is 432 g/mol. The minimum Gasteiger partial charge on any atom is -0.492 e. The van der Waals surface area contributed by atoms with Crippen LogP contribution in [-0.2, 0) is 10.0 Å². The van der Waals surface area contributed by atoms with Crippen LogP contribution < -0.4 is 14.4 Å². The van der Waals surface area contributed by atoms with Crippen LogP contribution in [0.3, 0.4) is 0 Å². The molecular weight excluding hydrogens is 411 g/mol. The fourth-order valence-corrected chi connectivity index (χ4v) is 4.54. The van der Waals surface area contributed by atoms with E-state index < -0.39 is 21.7 Å². The monoisotopic (exact) mass is 432 g/mol. The highest BCUT2D eigenvalue weighted by Gasteiger charge is 2.27. The van der Waals surface area contributed by atoms with Crippen LogP contribution in [0.2, 0.25) is 0 Å². The number of sulfonamides is 1. The summed E-state index contributed by atoms with van der Waals surface area (Å²) in [5.41, 5.74) is 0.847. The second kappa shape index (κ2) is 7.64. The molecule has 0 aliphatic carbocycles. The summed E-state index contributed by atoms with van der Waals surface area (Å²) in [6, 6.07) is 10.5. The average Bonchev–Trinajstić information content (AvgIpc) is 3.12. The second-order valence-corrected chi connectivity index (χ2v) is 8.75. The lowest BCUT2D eigenvalue weighted by molar-refractivity contribution is 0.0956. The molecule has 1 unspecified atom stereocenters. The highest BCUT2D eigenvalue weighted by atomic mass is 32.2. The quantitative estimate of drug-likeness (QED) is 0.639. The number of nitrogens with zero attached hydrogens (tertiary/aromatic N) is 1. The maximum Gasteiger partial charge on any atom is 0.300 e. The Morgan fingerprint density at radius 2 is 2.07 bits per heavy atom. The number of halogens is 1. The molecule has 1 aromatic heterocycles. The van der Waals surface area contributed by atoms with Crippen LogP contribution in [0.25, 0.3) is 11.0 Å². The van der Waals surface area contributed by atoms with Crippen LogP contribution in [0, 0.1) is 5.82 Å². The number of benzene rings is 2. The molecule has 7 nitrogen and oxygen atoms in total. The molecule has 9 heteroatoms. The van der Waals surface area contributed by atoms with Crippen molar-refractivity contribution in [1.82, 2.24) is 4.72 Å². The van der Waals surface area contributed by atoms with Crippen LogP contribution >= 0.6 is 0 Å². The van der Waals surface area contributed by atoms with Crippen LogP contribution in [0.15, 0.2) is 51.8 Å². The number of ether oxygens (including phenoxy) is 1. The van der Waals surface area contributed by atoms with Crippen molar-refractivity contribution in [3.05, 3.63) is 54.0 Å². The molecule has 0 bridgehead atoms. The molecule has 0 spiro atoms. The number of hydrogen-bond donors (Lipinski definition) is 1. The van der Waals surface area contributed by atoms with Crippen molar-refractivity contribution in [3.8, 4) is 5.75 Å². The van der Waals surface area contributed by atoms with Crippen molar-refractivity contribution in [2.45, 2.75) is 31.2 Å². The second-order valence-electron chi connectivity index (χ2n) is 7.10. The predicted molar refractivity (Wildman–Crippen MR) is 110 cm³/mol. The lowest BCUT2D eigenvalue weighted by Crippen LogP contribution is -2.45. The van der Waals surface area contributed by atoms with E-state index in [1.807, 2.05) is 16.5 Å². The van der Waals surface area contributed by atoms with Crippen molar-refractivity contribution in [2.24, 2.45) is 0 Å². The van der Waals surface area contributed by atoms with Gasteiger partial charge in [0.05, 0.1) is 12.0 Å². The first-order valence-corrected chi connectivity index (χ1v) is 11.1. The number of furan rings is 1. The minimum absolute atomic E-state index is 0.115. The largest absolute Gasteiger partial charge is 0.492 e. The van der Waals surface area contributed by atoms with Crippen molar-refractivity contribution in [1.29, 1.82) is 0 Å². The first-order chi connectivity index (χ1) is 14.3. The zero-order chi connectivity index (χ0) is 21.5. The van der Waals surface area contributed by atoms with E-state index in [1.165, 1.54) is 30.3 Å². The molecule has 2 heterocycles. The summed E-state index contributed by atoms with van der Waals surface area (Å²) in [4.78, 5) is 14.4. The van der Waals surface area contributed by atoms with Crippen molar-refractivity contribution in [3.63, 3.8) is 0 Å². The van der Waals surface area contributed by atoms with Gasteiger partial charge in [0, 0.05) is 30.4 Å². The van der Waals surface area contributed by atoms with Crippen LogP contribution in [0.1, 0.15) is 30.8 Å². The third kappa shape index (κ3) is 3.60. The topological polar surface area (TPSA) is 88.8 Å². The Kier molecular flexibility index (Phi) is 5.15. The molecule has 1 aliphatic rings. The van der Waals surface area contributed by atoms with E-state index in [4.69, 9.17) is 9.15 Å². The van der Waals surface area contributed by atoms with E-state index in [2.05, 4.69) is 0 Å². The Bertz CT molecular complexity index is 1220. The molecule has 2 aromatic carbocycles. The van der Waals surface area contributed by atoms with Gasteiger partial charge < -0.3 is 14.1 Å². The third-order valence-corrected chi connectivity index (χ3v) is 6.48. The summed E-state index contributed by atoms with van der Waals surface area (Å²) in [5, 5.41) is 0.115. The molecule has 1 N–H and O–H groups in total. The first-order valence-electron chi connectivity index (χ1n) is 9.59. The lowest BCUT2D eigenvalue weighted by atomic mass is 10.0. The van der Waals surface area contributed by atoms with E-state index in [1.54, 1.807) is 19.1 Å². The van der Waals surface area contributed by atoms with E-state index in [0.29, 0.717) is 11.7 Å². The van der Waals surface area contributed by atoms with Crippen LogP contribution in [0.4, 0.5) is 10.1 Å². The van der Waals surface area contributed by atoms with E-state index in [-0.39, 0.29) is 34.0 Å². The van der Waals surface area contributed by atoms with Gasteiger partial charge in [-0.1, -0.05) is 12.1 Å². The number of nitrogens with one attached hydrogen (secondary N) is 1. The van der Waals surface area contributed by atoms with E-state index >= 15 is 0 Å². The minimum atomic E-state index is -4.22. The van der Waals surface area contributed by atoms with Gasteiger partial charge in [-0.05, 0) is 38.5 Å². The van der Waals surface area contributed by atoms with Gasteiger partial charge in [0.25, 0.3) is 10.0 Å². The summed E-state index contributed by atoms with van der Waals surface area (Å²) in [6.45, 7) is 4.84. The lowest BCUT2D eigenvalue weighted by Gasteiger charge is -2.40. The fraction of sp³-hybridized carbons (Fsp3) is 0.286. The van der Waals surface area contributed by atoms with Gasteiger partial charge in [-0.3, -0.25) is 4.79 Å². The standard InChI is InChI=1S/C21H21FN2O5S/c1-3-28-17-6-4-5-7-20(17)30(26,27)23-21(25)19-12-15-16(22)10-14(11-18(15)29-19)24-9-8-13(24)2/h4-7,10-13H,3,8-9H2,1-2H3,(H,23,25). The normalized spacial score (nSPS) is 16.4. The van der Waals surface area contributed by atoms with Gasteiger partial charge in [0.1, 0.15) is 22.0 Å². The molecule has 1 aliphatic heterocycles. The van der Waals surface area contributed by atoms with Gasteiger partial charge in [-0.15, -0.1) is 0 Å². The molecule has 30 heavy (non-hydrogen) atoms. The summed E-state index contributed by atoms with van der Waals surface area (Å²) in [7, 11) is -4.22. The molecule has 1 amide bonds. The number of amides is 1. The van der Waals surface area contributed by atoms with Crippen molar-refractivity contribution < 1.29 is 26.8 Å². The van der Waals surface area contributed by atoms with Gasteiger partial charge in [0.15, 0.2) is 5.76 Å². The Labute approximate surface area is 173 Å². The van der Waals surface area contributed by atoms with Crippen LogP contribution in [-0.4, -0.2) is 33.5 Å². The van der Waals surface area contributed by atoms with Crippen LogP contribution in [0.5, 0.6) is 5.75 Å². The number of carbonyl (C=O) groups is 1. The highest BCUT2D eigenvalue weighted by Crippen LogP contribution is 2.32. The zero-order valence-corrected chi connectivity index (χ0v) is 17.3. The molecule has 0 saturated carbocycles.